The van der Waals surface area contributed by atoms with E-state index >= 15 is 0 Å². The zero-order valence-electron chi connectivity index (χ0n) is 17.2. The van der Waals surface area contributed by atoms with Crippen molar-refractivity contribution < 1.29 is 0 Å². The SMILES string of the molecule is CC1(C)CC(Nc2nc3cc(/C(N)=N/N=N)ccc3c3sccc23)CC(C)(C)N1. The van der Waals surface area contributed by atoms with Gasteiger partial charge in [0.1, 0.15) is 5.82 Å². The Balaban J connectivity index is 1.78. The highest BCUT2D eigenvalue weighted by molar-refractivity contribution is 7.18. The molecule has 1 aromatic carbocycles. The van der Waals surface area contributed by atoms with Crippen LogP contribution in [0.25, 0.3) is 21.0 Å². The Morgan fingerprint density at radius 2 is 1.93 bits per heavy atom. The molecule has 29 heavy (non-hydrogen) atoms. The van der Waals surface area contributed by atoms with E-state index in [1.54, 1.807) is 11.3 Å². The van der Waals surface area contributed by atoms with Crippen molar-refractivity contribution in [3.63, 3.8) is 0 Å². The first-order chi connectivity index (χ1) is 13.7. The first-order valence-corrected chi connectivity index (χ1v) is 10.6. The molecule has 2 aromatic heterocycles. The summed E-state index contributed by atoms with van der Waals surface area (Å²) in [5.74, 6) is 1.12. The van der Waals surface area contributed by atoms with Crippen LogP contribution >= 0.6 is 11.3 Å². The third-order valence-electron chi connectivity index (χ3n) is 5.38. The number of benzene rings is 1. The number of hydrogen-bond acceptors (Lipinski definition) is 6. The summed E-state index contributed by atoms with van der Waals surface area (Å²) in [5, 5.41) is 18.5. The number of aromatic nitrogens is 1. The number of piperidine rings is 1. The second-order valence-corrected chi connectivity index (χ2v) is 10.00. The van der Waals surface area contributed by atoms with Crippen LogP contribution in [-0.4, -0.2) is 27.9 Å². The van der Waals surface area contributed by atoms with Crippen LogP contribution in [0.5, 0.6) is 0 Å². The molecule has 3 heterocycles. The summed E-state index contributed by atoms with van der Waals surface area (Å²) in [4.78, 5) is 4.96. The Kier molecular flexibility index (Phi) is 4.78. The van der Waals surface area contributed by atoms with Crippen molar-refractivity contribution in [2.75, 3.05) is 5.32 Å². The maximum Gasteiger partial charge on any atom is 0.155 e. The number of anilines is 1. The van der Waals surface area contributed by atoms with Crippen LogP contribution in [0.3, 0.4) is 0 Å². The lowest BCUT2D eigenvalue weighted by Gasteiger charge is -2.46. The third-order valence-corrected chi connectivity index (χ3v) is 6.33. The van der Waals surface area contributed by atoms with Crippen molar-refractivity contribution in [1.29, 1.82) is 5.53 Å². The minimum Gasteiger partial charge on any atom is -0.382 e. The molecular formula is C21H27N7S. The predicted octanol–water partition coefficient (Wildman–Crippen LogP) is 4.82. The lowest BCUT2D eigenvalue weighted by atomic mass is 9.79. The van der Waals surface area contributed by atoms with Crippen LogP contribution in [0, 0.1) is 5.53 Å². The van der Waals surface area contributed by atoms with Gasteiger partial charge in [0, 0.05) is 38.2 Å². The molecule has 0 amide bonds. The molecule has 1 fully saturated rings. The molecule has 0 atom stereocenters. The number of amidine groups is 1. The molecule has 0 spiro atoms. The zero-order chi connectivity index (χ0) is 20.8. The lowest BCUT2D eigenvalue weighted by molar-refractivity contribution is 0.170. The average molecular weight is 410 g/mol. The third kappa shape index (κ3) is 3.95. The summed E-state index contributed by atoms with van der Waals surface area (Å²) in [6.07, 6.45) is 2.04. The predicted molar refractivity (Wildman–Crippen MR) is 121 cm³/mol. The molecule has 0 saturated carbocycles. The summed E-state index contributed by atoms with van der Waals surface area (Å²) in [5.41, 5.74) is 14.5. The quantitative estimate of drug-likeness (QED) is 0.214. The van der Waals surface area contributed by atoms with Crippen LogP contribution in [-0.2, 0) is 0 Å². The van der Waals surface area contributed by atoms with E-state index in [1.165, 1.54) is 4.70 Å². The fourth-order valence-corrected chi connectivity index (χ4v) is 5.63. The van der Waals surface area contributed by atoms with E-state index in [1.807, 2.05) is 18.2 Å². The summed E-state index contributed by atoms with van der Waals surface area (Å²) >= 11 is 1.71. The van der Waals surface area contributed by atoms with E-state index in [-0.39, 0.29) is 16.9 Å². The molecule has 3 aromatic rings. The molecular weight excluding hydrogens is 382 g/mol. The number of thiophene rings is 1. The van der Waals surface area contributed by atoms with Crippen molar-refractivity contribution in [3.05, 3.63) is 35.2 Å². The molecule has 7 nitrogen and oxygen atoms in total. The van der Waals surface area contributed by atoms with Crippen molar-refractivity contribution in [2.24, 2.45) is 16.1 Å². The van der Waals surface area contributed by atoms with Gasteiger partial charge >= 0.3 is 0 Å². The van der Waals surface area contributed by atoms with Gasteiger partial charge in [0.05, 0.1) is 5.52 Å². The average Bonchev–Trinajstić information content (AvgIpc) is 3.09. The van der Waals surface area contributed by atoms with Gasteiger partial charge in [-0.3, -0.25) is 0 Å². The van der Waals surface area contributed by atoms with Crippen molar-refractivity contribution >= 4 is 44.0 Å². The Morgan fingerprint density at radius 3 is 2.62 bits per heavy atom. The summed E-state index contributed by atoms with van der Waals surface area (Å²) < 4.78 is 1.21. The Morgan fingerprint density at radius 1 is 1.21 bits per heavy atom. The van der Waals surface area contributed by atoms with Gasteiger partial charge in [0.25, 0.3) is 0 Å². The largest absolute Gasteiger partial charge is 0.382 e. The lowest BCUT2D eigenvalue weighted by Crippen LogP contribution is -2.60. The molecule has 0 radical (unpaired) electrons. The number of hydrogen-bond donors (Lipinski definition) is 4. The van der Waals surface area contributed by atoms with Crippen molar-refractivity contribution in [1.82, 2.24) is 10.3 Å². The number of nitrogens with one attached hydrogen (secondary N) is 3. The van der Waals surface area contributed by atoms with Gasteiger partial charge in [-0.2, -0.15) is 5.53 Å². The maximum atomic E-state index is 6.90. The fourth-order valence-electron chi connectivity index (χ4n) is 4.70. The molecule has 1 aliphatic rings. The van der Waals surface area contributed by atoms with Crippen LogP contribution in [0.2, 0.25) is 0 Å². The molecule has 4 rings (SSSR count). The van der Waals surface area contributed by atoms with Crippen LogP contribution in [0.4, 0.5) is 5.82 Å². The zero-order valence-corrected chi connectivity index (χ0v) is 18.0. The van der Waals surface area contributed by atoms with Gasteiger partial charge < -0.3 is 16.4 Å². The fraction of sp³-hybridized carbons (Fsp3) is 0.429. The van der Waals surface area contributed by atoms with E-state index in [0.717, 1.165) is 34.9 Å². The van der Waals surface area contributed by atoms with Gasteiger partial charge in [-0.15, -0.1) is 16.4 Å². The highest BCUT2D eigenvalue weighted by Crippen LogP contribution is 2.36. The highest BCUT2D eigenvalue weighted by atomic mass is 32.1. The topological polar surface area (TPSA) is 112 Å². The molecule has 0 aliphatic carbocycles. The van der Waals surface area contributed by atoms with Crippen molar-refractivity contribution in [2.45, 2.75) is 57.7 Å². The summed E-state index contributed by atoms with van der Waals surface area (Å²) in [6.45, 7) is 9.01. The van der Waals surface area contributed by atoms with Crippen LogP contribution in [0.15, 0.2) is 40.0 Å². The van der Waals surface area contributed by atoms with Crippen LogP contribution < -0.4 is 16.4 Å². The van der Waals surface area contributed by atoms with E-state index < -0.39 is 0 Å². The maximum absolute atomic E-state index is 6.90. The standard InChI is InChI=1S/C21H27N7S/c1-20(2)10-13(11-21(3,4)27-20)24-19-15-7-8-29-17(15)14-6-5-12(9-16(14)25-19)18(22)26-28-23/h5-9,13,27H,10-11H2,1-4H3,(H,24,25)(H3,22,23,26). The second kappa shape index (κ2) is 7.03. The first-order valence-electron chi connectivity index (χ1n) is 9.75. The normalized spacial score (nSPS) is 19.5. The van der Waals surface area contributed by atoms with E-state index in [2.05, 4.69) is 60.1 Å². The summed E-state index contributed by atoms with van der Waals surface area (Å²) in [7, 11) is 0. The van der Waals surface area contributed by atoms with Gasteiger partial charge in [-0.25, -0.2) is 4.98 Å². The monoisotopic (exact) mass is 409 g/mol. The minimum absolute atomic E-state index is 0.0574. The number of nitrogens with zero attached hydrogens (tertiary/aromatic N) is 3. The Bertz CT molecular complexity index is 1100. The molecule has 8 heteroatoms. The number of fused-ring (bicyclic) bond motifs is 3. The smallest absolute Gasteiger partial charge is 0.155 e. The van der Waals surface area contributed by atoms with Crippen molar-refractivity contribution in [3.8, 4) is 0 Å². The molecule has 152 valence electrons. The highest BCUT2D eigenvalue weighted by Gasteiger charge is 2.37. The second-order valence-electron chi connectivity index (χ2n) is 9.08. The molecule has 1 saturated heterocycles. The Hall–Kier alpha value is -2.58. The van der Waals surface area contributed by atoms with Gasteiger partial charge in [0.2, 0.25) is 0 Å². The minimum atomic E-state index is 0.0574. The van der Waals surface area contributed by atoms with Gasteiger partial charge in [-0.1, -0.05) is 17.4 Å². The van der Waals surface area contributed by atoms with Gasteiger partial charge in [0.15, 0.2) is 5.84 Å². The van der Waals surface area contributed by atoms with E-state index in [4.69, 9.17) is 16.2 Å². The first kappa shape index (κ1) is 19.7. The van der Waals surface area contributed by atoms with Gasteiger partial charge in [-0.05, 0) is 58.0 Å². The number of pyridine rings is 1. The molecule has 0 unspecified atom stereocenters. The molecule has 1 aliphatic heterocycles. The number of rotatable bonds is 4. The number of nitrogens with two attached hydrogens (primary N) is 1. The van der Waals surface area contributed by atoms with Crippen LogP contribution in [0.1, 0.15) is 46.1 Å². The Labute approximate surface area is 174 Å². The van der Waals surface area contributed by atoms with E-state index in [9.17, 15) is 0 Å². The van der Waals surface area contributed by atoms with E-state index in [0.29, 0.717) is 11.6 Å². The molecule has 0 bridgehead atoms. The molecule has 5 N–H and O–H groups in total. The summed E-state index contributed by atoms with van der Waals surface area (Å²) in [6, 6.07) is 8.29.